The molecule has 1 saturated heterocycles. The van der Waals surface area contributed by atoms with Crippen molar-refractivity contribution < 1.29 is 18.0 Å². The molecule has 0 radical (unpaired) electrons. The molecule has 1 unspecified atom stereocenters. The van der Waals surface area contributed by atoms with E-state index in [1.807, 2.05) is 0 Å². The van der Waals surface area contributed by atoms with E-state index in [-0.39, 0.29) is 17.9 Å². The molecule has 1 aliphatic heterocycles. The summed E-state index contributed by atoms with van der Waals surface area (Å²) in [6.07, 6.45) is -0.139. The highest BCUT2D eigenvalue weighted by Gasteiger charge is 2.37. The quantitative estimate of drug-likeness (QED) is 0.924. The smallest absolute Gasteiger partial charge is 0.352 e. The minimum atomic E-state index is -4.51. The number of nitrogens with zero attached hydrogens (tertiary/aromatic N) is 3. The number of nitrogens with one attached hydrogen (secondary N) is 1. The average molecular weight is 300 g/mol. The number of hydrogen-bond donors (Lipinski definition) is 1. The summed E-state index contributed by atoms with van der Waals surface area (Å²) in [6.45, 7) is 0.490. The lowest BCUT2D eigenvalue weighted by Crippen LogP contribution is -2.44. The summed E-state index contributed by atoms with van der Waals surface area (Å²) in [6, 6.07) is 0.579. The molecule has 0 aromatic carbocycles. The molecule has 1 saturated carbocycles. The summed E-state index contributed by atoms with van der Waals surface area (Å²) in [5, 5.41) is 2.88. The molecule has 114 valence electrons. The van der Waals surface area contributed by atoms with Crippen LogP contribution < -0.4 is 10.2 Å². The van der Waals surface area contributed by atoms with Crippen molar-refractivity contribution >= 4 is 11.9 Å². The number of carbonyl (C=O) groups excluding carboxylic acids is 1. The highest BCUT2D eigenvalue weighted by Crippen LogP contribution is 2.30. The van der Waals surface area contributed by atoms with Crippen LogP contribution in [0.25, 0.3) is 0 Å². The summed E-state index contributed by atoms with van der Waals surface area (Å²) in [5.41, 5.74) is -0.985. The first-order valence-electron chi connectivity index (χ1n) is 6.92. The number of aromatic nitrogens is 2. The van der Waals surface area contributed by atoms with Crippen LogP contribution >= 0.6 is 0 Å². The van der Waals surface area contributed by atoms with Gasteiger partial charge in [-0.05, 0) is 31.7 Å². The van der Waals surface area contributed by atoms with Crippen molar-refractivity contribution in [1.82, 2.24) is 15.3 Å². The molecule has 1 aromatic rings. The van der Waals surface area contributed by atoms with Gasteiger partial charge in [0.2, 0.25) is 11.9 Å². The Morgan fingerprint density at radius 2 is 2.10 bits per heavy atom. The second-order valence-corrected chi connectivity index (χ2v) is 5.37. The van der Waals surface area contributed by atoms with Crippen LogP contribution in [0.1, 0.15) is 31.4 Å². The van der Waals surface area contributed by atoms with Crippen molar-refractivity contribution in [3.63, 3.8) is 0 Å². The van der Waals surface area contributed by atoms with E-state index in [0.29, 0.717) is 13.0 Å². The SMILES string of the molecule is O=C(NC1CC1)C1CCCN1c1nccc(C(F)(F)F)n1. The number of anilines is 1. The lowest BCUT2D eigenvalue weighted by Gasteiger charge is -2.24. The minimum Gasteiger partial charge on any atom is -0.352 e. The number of halogens is 3. The molecule has 3 rings (SSSR count). The normalized spacial score (nSPS) is 22.4. The van der Waals surface area contributed by atoms with Gasteiger partial charge in [0.25, 0.3) is 0 Å². The molecule has 5 nitrogen and oxygen atoms in total. The maximum atomic E-state index is 12.7. The molecule has 2 heterocycles. The van der Waals surface area contributed by atoms with Gasteiger partial charge >= 0.3 is 6.18 Å². The fraction of sp³-hybridized carbons (Fsp3) is 0.615. The highest BCUT2D eigenvalue weighted by molar-refractivity contribution is 5.85. The Morgan fingerprint density at radius 1 is 1.33 bits per heavy atom. The third-order valence-electron chi connectivity index (χ3n) is 3.67. The van der Waals surface area contributed by atoms with Crippen LogP contribution in [0.3, 0.4) is 0 Å². The summed E-state index contributed by atoms with van der Waals surface area (Å²) >= 11 is 0. The molecular formula is C13H15F3N4O. The lowest BCUT2D eigenvalue weighted by atomic mass is 10.2. The Hall–Kier alpha value is -1.86. The summed E-state index contributed by atoms with van der Waals surface area (Å²) in [5.74, 6) is -0.172. The Bertz CT molecular complexity index is 544. The van der Waals surface area contributed by atoms with Crippen molar-refractivity contribution in [1.29, 1.82) is 0 Å². The Balaban J connectivity index is 1.79. The molecule has 1 aromatic heterocycles. The van der Waals surface area contributed by atoms with E-state index in [9.17, 15) is 18.0 Å². The van der Waals surface area contributed by atoms with Crippen molar-refractivity contribution in [3.05, 3.63) is 18.0 Å². The van der Waals surface area contributed by atoms with Crippen LogP contribution in [0.2, 0.25) is 0 Å². The Labute approximate surface area is 119 Å². The van der Waals surface area contributed by atoms with E-state index in [4.69, 9.17) is 0 Å². The first-order valence-corrected chi connectivity index (χ1v) is 6.92. The third-order valence-corrected chi connectivity index (χ3v) is 3.67. The minimum absolute atomic E-state index is 0.0294. The monoisotopic (exact) mass is 300 g/mol. The van der Waals surface area contributed by atoms with Crippen molar-refractivity contribution in [2.24, 2.45) is 0 Å². The molecule has 1 aliphatic carbocycles. The molecule has 21 heavy (non-hydrogen) atoms. The van der Waals surface area contributed by atoms with Gasteiger partial charge in [0.05, 0.1) is 0 Å². The van der Waals surface area contributed by atoms with Crippen molar-refractivity contribution in [2.75, 3.05) is 11.4 Å². The van der Waals surface area contributed by atoms with Crippen molar-refractivity contribution in [3.8, 4) is 0 Å². The van der Waals surface area contributed by atoms with Gasteiger partial charge in [0.15, 0.2) is 0 Å². The van der Waals surface area contributed by atoms with E-state index < -0.39 is 17.9 Å². The van der Waals surface area contributed by atoms with Gasteiger partial charge < -0.3 is 10.2 Å². The van der Waals surface area contributed by atoms with E-state index >= 15 is 0 Å². The summed E-state index contributed by atoms with van der Waals surface area (Å²) < 4.78 is 38.1. The molecule has 0 bridgehead atoms. The van der Waals surface area contributed by atoms with E-state index in [2.05, 4.69) is 15.3 Å². The van der Waals surface area contributed by atoms with Crippen LogP contribution in [0, 0.1) is 0 Å². The summed E-state index contributed by atoms with van der Waals surface area (Å²) in [7, 11) is 0. The zero-order valence-electron chi connectivity index (χ0n) is 11.2. The maximum absolute atomic E-state index is 12.7. The highest BCUT2D eigenvalue weighted by atomic mass is 19.4. The fourth-order valence-electron chi connectivity index (χ4n) is 2.45. The van der Waals surface area contributed by atoms with Gasteiger partial charge in [-0.15, -0.1) is 0 Å². The molecule has 2 aliphatic rings. The largest absolute Gasteiger partial charge is 0.433 e. The number of hydrogen-bond acceptors (Lipinski definition) is 4. The van der Waals surface area contributed by atoms with Crippen LogP contribution in [0.4, 0.5) is 19.1 Å². The molecule has 2 fully saturated rings. The number of rotatable bonds is 3. The van der Waals surface area contributed by atoms with Gasteiger partial charge in [-0.3, -0.25) is 4.79 Å². The van der Waals surface area contributed by atoms with Gasteiger partial charge in [0, 0.05) is 18.8 Å². The topological polar surface area (TPSA) is 58.1 Å². The third kappa shape index (κ3) is 3.08. The first kappa shape index (κ1) is 14.1. The molecule has 1 atom stereocenters. The van der Waals surface area contributed by atoms with Gasteiger partial charge in [-0.2, -0.15) is 13.2 Å². The van der Waals surface area contributed by atoms with Crippen LogP contribution in [0.15, 0.2) is 12.3 Å². The standard InChI is InChI=1S/C13H15F3N4O/c14-13(15,16)10-5-6-17-12(19-10)20-7-1-2-9(20)11(21)18-8-3-4-8/h5-6,8-9H,1-4,7H2,(H,18,21). The number of alkyl halides is 3. The first-order chi connectivity index (χ1) is 9.95. The van der Waals surface area contributed by atoms with Crippen molar-refractivity contribution in [2.45, 2.75) is 43.9 Å². The molecule has 8 heteroatoms. The van der Waals surface area contributed by atoms with E-state index in [1.165, 1.54) is 0 Å². The average Bonchev–Trinajstić information content (AvgIpc) is 3.10. The second kappa shape index (κ2) is 5.16. The lowest BCUT2D eigenvalue weighted by molar-refractivity contribution is -0.141. The van der Waals surface area contributed by atoms with Gasteiger partial charge in [-0.1, -0.05) is 0 Å². The zero-order valence-corrected chi connectivity index (χ0v) is 11.2. The van der Waals surface area contributed by atoms with Gasteiger partial charge in [-0.25, -0.2) is 9.97 Å². The Morgan fingerprint density at radius 3 is 2.76 bits per heavy atom. The molecule has 1 amide bonds. The second-order valence-electron chi connectivity index (χ2n) is 5.37. The predicted molar refractivity (Wildman–Crippen MR) is 68.6 cm³/mol. The van der Waals surface area contributed by atoms with Crippen LogP contribution in [0.5, 0.6) is 0 Å². The fourth-order valence-corrected chi connectivity index (χ4v) is 2.45. The number of carbonyl (C=O) groups is 1. The van der Waals surface area contributed by atoms with Gasteiger partial charge in [0.1, 0.15) is 11.7 Å². The Kier molecular flexibility index (Phi) is 3.46. The molecule has 0 spiro atoms. The molecule has 1 N–H and O–H groups in total. The van der Waals surface area contributed by atoms with Crippen LogP contribution in [-0.4, -0.2) is 34.5 Å². The predicted octanol–water partition coefficient (Wildman–Crippen LogP) is 1.74. The van der Waals surface area contributed by atoms with Crippen LogP contribution in [-0.2, 0) is 11.0 Å². The summed E-state index contributed by atoms with van der Waals surface area (Å²) in [4.78, 5) is 21.2. The maximum Gasteiger partial charge on any atom is 0.433 e. The van der Waals surface area contributed by atoms with E-state index in [0.717, 1.165) is 31.5 Å². The number of amides is 1. The molecular weight excluding hydrogens is 285 g/mol. The van der Waals surface area contributed by atoms with E-state index in [1.54, 1.807) is 4.90 Å². The zero-order chi connectivity index (χ0) is 15.0.